The van der Waals surface area contributed by atoms with Crippen molar-refractivity contribution in [2.24, 2.45) is 4.99 Å². The van der Waals surface area contributed by atoms with Crippen molar-refractivity contribution in [3.63, 3.8) is 0 Å². The van der Waals surface area contributed by atoms with Gasteiger partial charge in [-0.2, -0.15) is 11.8 Å². The molecular formula is C19H33IN4OS. The molecule has 0 amide bonds. The first kappa shape index (κ1) is 23.3. The van der Waals surface area contributed by atoms with Gasteiger partial charge in [0.15, 0.2) is 5.96 Å². The number of guanidine groups is 1. The number of aromatic nitrogens is 1. The van der Waals surface area contributed by atoms with Crippen LogP contribution in [0.4, 0.5) is 0 Å². The van der Waals surface area contributed by atoms with Crippen molar-refractivity contribution < 1.29 is 4.74 Å². The normalized spacial score (nSPS) is 15.2. The van der Waals surface area contributed by atoms with Crippen LogP contribution in [0, 0.1) is 0 Å². The number of thioether (sulfide) groups is 1. The van der Waals surface area contributed by atoms with E-state index in [0.29, 0.717) is 12.6 Å². The monoisotopic (exact) mass is 492 g/mol. The summed E-state index contributed by atoms with van der Waals surface area (Å²) in [5, 5.41) is 6.68. The number of nitrogens with zero attached hydrogens (tertiary/aromatic N) is 2. The third-order valence-corrected chi connectivity index (χ3v) is 5.09. The van der Waals surface area contributed by atoms with Crippen molar-refractivity contribution in [3.8, 4) is 5.88 Å². The minimum absolute atomic E-state index is 0. The first-order valence-corrected chi connectivity index (χ1v) is 10.8. The number of nitrogens with one attached hydrogen (secondary N) is 2. The largest absolute Gasteiger partial charge is 0.474 e. The van der Waals surface area contributed by atoms with Crippen LogP contribution in [0.25, 0.3) is 0 Å². The topological polar surface area (TPSA) is 58.5 Å². The SMILES string of the molecule is CN=C(NCCCCSC)NCc1ccc(OC2CCCCC2)nc1.I. The molecule has 7 heteroatoms. The van der Waals surface area contributed by atoms with Crippen LogP contribution >= 0.6 is 35.7 Å². The Balaban J connectivity index is 0.00000338. The van der Waals surface area contributed by atoms with Crippen LogP contribution in [-0.2, 0) is 6.54 Å². The Morgan fingerprint density at radius 1 is 1.23 bits per heavy atom. The van der Waals surface area contributed by atoms with E-state index in [1.807, 2.05) is 24.0 Å². The quantitative estimate of drug-likeness (QED) is 0.234. The van der Waals surface area contributed by atoms with Gasteiger partial charge in [0.25, 0.3) is 0 Å². The molecule has 0 bridgehead atoms. The maximum Gasteiger partial charge on any atom is 0.213 e. The predicted molar refractivity (Wildman–Crippen MR) is 123 cm³/mol. The van der Waals surface area contributed by atoms with Crippen LogP contribution in [0.3, 0.4) is 0 Å². The molecule has 5 nitrogen and oxygen atoms in total. The molecule has 1 aromatic rings. The maximum absolute atomic E-state index is 5.97. The smallest absolute Gasteiger partial charge is 0.213 e. The third kappa shape index (κ3) is 9.30. The Hall–Kier alpha value is -0.700. The average molecular weight is 492 g/mol. The molecule has 1 aromatic heterocycles. The minimum Gasteiger partial charge on any atom is -0.474 e. The van der Waals surface area contributed by atoms with Gasteiger partial charge in [-0.3, -0.25) is 4.99 Å². The van der Waals surface area contributed by atoms with Crippen LogP contribution in [0.15, 0.2) is 23.3 Å². The molecule has 1 heterocycles. The van der Waals surface area contributed by atoms with Gasteiger partial charge in [-0.05, 0) is 56.1 Å². The molecule has 0 saturated heterocycles. The van der Waals surface area contributed by atoms with Gasteiger partial charge in [0.1, 0.15) is 6.10 Å². The zero-order valence-electron chi connectivity index (χ0n) is 16.0. The molecular weight excluding hydrogens is 459 g/mol. The second-order valence-electron chi connectivity index (χ2n) is 6.44. The number of hydrogen-bond donors (Lipinski definition) is 2. The van der Waals surface area contributed by atoms with Gasteiger partial charge >= 0.3 is 0 Å². The number of aliphatic imine (C=N–C) groups is 1. The van der Waals surface area contributed by atoms with Gasteiger partial charge in [0.05, 0.1) is 0 Å². The highest BCUT2D eigenvalue weighted by molar-refractivity contribution is 14.0. The number of halogens is 1. The minimum atomic E-state index is 0. The molecule has 148 valence electrons. The summed E-state index contributed by atoms with van der Waals surface area (Å²) >= 11 is 1.89. The van der Waals surface area contributed by atoms with Crippen molar-refractivity contribution >= 4 is 41.7 Å². The molecule has 0 aromatic carbocycles. The summed E-state index contributed by atoms with van der Waals surface area (Å²) < 4.78 is 5.97. The Morgan fingerprint density at radius 3 is 2.69 bits per heavy atom. The highest BCUT2D eigenvalue weighted by Gasteiger charge is 2.15. The predicted octanol–water partition coefficient (Wildman–Crippen LogP) is 4.22. The lowest BCUT2D eigenvalue weighted by atomic mass is 9.98. The fraction of sp³-hybridized carbons (Fsp3) is 0.684. The summed E-state index contributed by atoms with van der Waals surface area (Å²) in [4.78, 5) is 8.71. The molecule has 1 fully saturated rings. The van der Waals surface area contributed by atoms with Crippen molar-refractivity contribution in [1.82, 2.24) is 15.6 Å². The highest BCUT2D eigenvalue weighted by Crippen LogP contribution is 2.22. The third-order valence-electron chi connectivity index (χ3n) is 4.39. The van der Waals surface area contributed by atoms with Gasteiger partial charge in [-0.1, -0.05) is 12.5 Å². The zero-order valence-corrected chi connectivity index (χ0v) is 19.1. The lowest BCUT2D eigenvalue weighted by Gasteiger charge is -2.22. The van der Waals surface area contributed by atoms with E-state index in [4.69, 9.17) is 4.74 Å². The Kier molecular flexibility index (Phi) is 12.9. The van der Waals surface area contributed by atoms with Crippen LogP contribution in [0.1, 0.15) is 50.5 Å². The average Bonchev–Trinajstić information content (AvgIpc) is 2.66. The first-order chi connectivity index (χ1) is 12.3. The van der Waals surface area contributed by atoms with Gasteiger partial charge in [0.2, 0.25) is 5.88 Å². The number of rotatable bonds is 9. The van der Waals surface area contributed by atoms with Crippen LogP contribution < -0.4 is 15.4 Å². The summed E-state index contributed by atoms with van der Waals surface area (Å²) in [6, 6.07) is 4.05. The number of hydrogen-bond acceptors (Lipinski definition) is 4. The van der Waals surface area contributed by atoms with E-state index in [-0.39, 0.29) is 24.0 Å². The second kappa shape index (κ2) is 14.4. The van der Waals surface area contributed by atoms with E-state index < -0.39 is 0 Å². The molecule has 2 rings (SSSR count). The Morgan fingerprint density at radius 2 is 2.04 bits per heavy atom. The summed E-state index contributed by atoms with van der Waals surface area (Å²) in [6.45, 7) is 1.66. The number of unbranched alkanes of at least 4 members (excludes halogenated alkanes) is 1. The van der Waals surface area contributed by atoms with Gasteiger partial charge in [-0.15, -0.1) is 24.0 Å². The van der Waals surface area contributed by atoms with Crippen molar-refractivity contribution in [2.75, 3.05) is 25.6 Å². The molecule has 0 aliphatic heterocycles. The highest BCUT2D eigenvalue weighted by atomic mass is 127. The summed E-state index contributed by atoms with van der Waals surface area (Å²) in [5.74, 6) is 2.80. The molecule has 0 unspecified atom stereocenters. The zero-order chi connectivity index (χ0) is 17.7. The van der Waals surface area contributed by atoms with E-state index in [0.717, 1.165) is 43.2 Å². The van der Waals surface area contributed by atoms with Crippen LogP contribution in [0.5, 0.6) is 5.88 Å². The maximum atomic E-state index is 5.97. The number of ether oxygens (including phenoxy) is 1. The number of pyridine rings is 1. The molecule has 1 aliphatic rings. The van der Waals surface area contributed by atoms with Gasteiger partial charge in [-0.25, -0.2) is 4.98 Å². The van der Waals surface area contributed by atoms with E-state index in [1.54, 1.807) is 7.05 Å². The standard InChI is InChI=1S/C19H32N4OS.HI/c1-20-19(21-12-6-7-13-25-2)23-15-16-10-11-18(22-14-16)24-17-8-4-3-5-9-17;/h10-11,14,17H,3-9,12-13,15H2,1-2H3,(H2,20,21,23);1H. The van der Waals surface area contributed by atoms with E-state index in [2.05, 4.69) is 32.9 Å². The molecule has 1 aliphatic carbocycles. The van der Waals surface area contributed by atoms with E-state index in [9.17, 15) is 0 Å². The molecule has 0 radical (unpaired) electrons. The van der Waals surface area contributed by atoms with Crippen molar-refractivity contribution in [3.05, 3.63) is 23.9 Å². The van der Waals surface area contributed by atoms with E-state index >= 15 is 0 Å². The second-order valence-corrected chi connectivity index (χ2v) is 7.42. The van der Waals surface area contributed by atoms with Gasteiger partial charge in [0, 0.05) is 32.4 Å². The Bertz CT molecular complexity index is 507. The molecule has 2 N–H and O–H groups in total. The fourth-order valence-electron chi connectivity index (χ4n) is 2.92. The van der Waals surface area contributed by atoms with Crippen LogP contribution in [0.2, 0.25) is 0 Å². The fourth-order valence-corrected chi connectivity index (χ4v) is 3.42. The summed E-state index contributed by atoms with van der Waals surface area (Å²) in [6.07, 6.45) is 13.0. The summed E-state index contributed by atoms with van der Waals surface area (Å²) in [7, 11) is 1.80. The van der Waals surface area contributed by atoms with Crippen molar-refractivity contribution in [1.29, 1.82) is 0 Å². The van der Waals surface area contributed by atoms with Crippen LogP contribution in [-0.4, -0.2) is 42.6 Å². The first-order valence-electron chi connectivity index (χ1n) is 9.37. The lowest BCUT2D eigenvalue weighted by molar-refractivity contribution is 0.148. The molecule has 26 heavy (non-hydrogen) atoms. The lowest BCUT2D eigenvalue weighted by Crippen LogP contribution is -2.37. The Labute approximate surface area is 179 Å². The van der Waals surface area contributed by atoms with E-state index in [1.165, 1.54) is 31.4 Å². The summed E-state index contributed by atoms with van der Waals surface area (Å²) in [5.41, 5.74) is 1.13. The molecule has 0 atom stereocenters. The molecule has 0 spiro atoms. The molecule has 1 saturated carbocycles. The van der Waals surface area contributed by atoms with Gasteiger partial charge < -0.3 is 15.4 Å². The van der Waals surface area contributed by atoms with Crippen molar-refractivity contribution in [2.45, 2.75) is 57.6 Å².